The van der Waals surface area contributed by atoms with Crippen LogP contribution in [0.15, 0.2) is 0 Å². The highest BCUT2D eigenvalue weighted by molar-refractivity contribution is 6.55. The van der Waals surface area contributed by atoms with Crippen LogP contribution in [0.3, 0.4) is 0 Å². The van der Waals surface area contributed by atoms with Crippen molar-refractivity contribution in [2.75, 3.05) is 7.05 Å². The van der Waals surface area contributed by atoms with E-state index in [1.165, 1.54) is 7.05 Å². The summed E-state index contributed by atoms with van der Waals surface area (Å²) in [4.78, 5) is 11.0. The quantitative estimate of drug-likeness (QED) is 0.602. The number of rotatable bonds is 1. The maximum atomic E-state index is 11.0. The first kappa shape index (κ1) is 14.0. The molecule has 0 bridgehead atoms. The summed E-state index contributed by atoms with van der Waals surface area (Å²) >= 11 is 28.9. The van der Waals surface area contributed by atoms with Crippen LogP contribution < -0.4 is 10.1 Å². The molecule has 8 heteroatoms. The van der Waals surface area contributed by atoms with E-state index in [0.717, 1.165) is 0 Å². The Balaban J connectivity index is 3.34. The van der Waals surface area contributed by atoms with Crippen molar-refractivity contribution < 1.29 is 9.53 Å². The molecule has 0 saturated carbocycles. The van der Waals surface area contributed by atoms with E-state index in [0.29, 0.717) is 0 Å². The molecular weight excluding hydrogens is 319 g/mol. The highest BCUT2D eigenvalue weighted by atomic mass is 35.5. The van der Waals surface area contributed by atoms with E-state index in [1.807, 2.05) is 0 Å². The molecule has 1 aromatic carbocycles. The maximum Gasteiger partial charge on any atom is 0.412 e. The van der Waals surface area contributed by atoms with Gasteiger partial charge in [0.15, 0.2) is 5.75 Å². The van der Waals surface area contributed by atoms with Gasteiger partial charge >= 0.3 is 6.09 Å². The smallest absolute Gasteiger partial charge is 0.407 e. The predicted molar refractivity (Wildman–Crippen MR) is 66.6 cm³/mol. The number of amides is 1. The van der Waals surface area contributed by atoms with Crippen LogP contribution in [0.4, 0.5) is 4.79 Å². The first-order valence-corrected chi connectivity index (χ1v) is 5.70. The monoisotopic (exact) mass is 321 g/mol. The highest BCUT2D eigenvalue weighted by Crippen LogP contribution is 2.48. The number of nitrogens with one attached hydrogen (secondary N) is 1. The largest absolute Gasteiger partial charge is 0.412 e. The molecule has 0 aromatic heterocycles. The van der Waals surface area contributed by atoms with Gasteiger partial charge in [-0.2, -0.15) is 0 Å². The second-order valence-corrected chi connectivity index (χ2v) is 4.43. The zero-order valence-electron chi connectivity index (χ0n) is 7.71. The molecule has 0 aliphatic carbocycles. The first-order valence-electron chi connectivity index (χ1n) is 3.81. The third-order valence-electron chi connectivity index (χ3n) is 1.57. The Labute approximate surface area is 117 Å². The number of halogens is 5. The van der Waals surface area contributed by atoms with Gasteiger partial charge in [-0.1, -0.05) is 58.0 Å². The van der Waals surface area contributed by atoms with Gasteiger partial charge in [-0.05, 0) is 0 Å². The molecule has 1 N–H and O–H groups in total. The lowest BCUT2D eigenvalue weighted by Gasteiger charge is -2.11. The molecule has 1 amide bonds. The predicted octanol–water partition coefficient (Wildman–Crippen LogP) is 4.67. The van der Waals surface area contributed by atoms with Crippen molar-refractivity contribution in [2.24, 2.45) is 0 Å². The molecule has 0 atom stereocenters. The fourth-order valence-electron chi connectivity index (χ4n) is 0.818. The van der Waals surface area contributed by atoms with E-state index in [2.05, 4.69) is 5.32 Å². The van der Waals surface area contributed by atoms with E-state index in [4.69, 9.17) is 62.7 Å². The molecule has 0 spiro atoms. The molecule has 0 fully saturated rings. The summed E-state index contributed by atoms with van der Waals surface area (Å²) in [6.07, 6.45) is -0.752. The van der Waals surface area contributed by atoms with Crippen molar-refractivity contribution >= 4 is 64.1 Å². The number of carbonyl (C=O) groups excluding carboxylic acids is 1. The van der Waals surface area contributed by atoms with Crippen LogP contribution in [0.25, 0.3) is 0 Å². The van der Waals surface area contributed by atoms with Crippen LogP contribution >= 0.6 is 58.0 Å². The lowest BCUT2D eigenvalue weighted by atomic mass is 10.3. The van der Waals surface area contributed by atoms with Gasteiger partial charge in [-0.15, -0.1) is 0 Å². The topological polar surface area (TPSA) is 38.3 Å². The SMILES string of the molecule is CNC(=O)Oc1c(Cl)c(Cl)c(Cl)c(Cl)c1Cl. The molecule has 1 rings (SSSR count). The van der Waals surface area contributed by atoms with Gasteiger partial charge in [0.25, 0.3) is 0 Å². The minimum atomic E-state index is -0.752. The number of ether oxygens (including phenoxy) is 1. The number of hydrogen-bond acceptors (Lipinski definition) is 2. The molecule has 0 aliphatic rings. The Hall–Kier alpha value is -0.0600. The van der Waals surface area contributed by atoms with E-state index >= 15 is 0 Å². The van der Waals surface area contributed by atoms with Gasteiger partial charge in [0.05, 0.1) is 15.1 Å². The third kappa shape index (κ3) is 2.60. The molecule has 1 aromatic rings. The summed E-state index contributed by atoms with van der Waals surface area (Å²) in [7, 11) is 1.38. The summed E-state index contributed by atoms with van der Waals surface area (Å²) in [6.45, 7) is 0. The summed E-state index contributed by atoms with van der Waals surface area (Å²) in [6, 6.07) is 0. The van der Waals surface area contributed by atoms with Crippen molar-refractivity contribution in [3.8, 4) is 5.75 Å². The van der Waals surface area contributed by atoms with Crippen molar-refractivity contribution in [1.82, 2.24) is 5.32 Å². The van der Waals surface area contributed by atoms with Gasteiger partial charge in [0, 0.05) is 7.05 Å². The van der Waals surface area contributed by atoms with Crippen LogP contribution in [0.5, 0.6) is 5.75 Å². The molecular formula is C8H4Cl5NO2. The van der Waals surface area contributed by atoms with Crippen LogP contribution in [0, 0.1) is 0 Å². The molecule has 0 radical (unpaired) electrons. The highest BCUT2D eigenvalue weighted by Gasteiger charge is 2.22. The second kappa shape index (κ2) is 5.52. The lowest BCUT2D eigenvalue weighted by molar-refractivity contribution is 0.203. The van der Waals surface area contributed by atoms with Gasteiger partial charge in [0.2, 0.25) is 0 Å². The Kier molecular flexibility index (Phi) is 4.83. The molecule has 0 aliphatic heterocycles. The standard InChI is InChI=1S/C8H4Cl5NO2/c1-14-8(15)16-7-5(12)3(10)2(9)4(11)6(7)13/h1H3,(H,14,15). The van der Waals surface area contributed by atoms with Crippen molar-refractivity contribution in [2.45, 2.75) is 0 Å². The Morgan fingerprint density at radius 3 is 1.69 bits per heavy atom. The molecule has 3 nitrogen and oxygen atoms in total. The van der Waals surface area contributed by atoms with Crippen molar-refractivity contribution in [3.05, 3.63) is 25.1 Å². The summed E-state index contributed by atoms with van der Waals surface area (Å²) < 4.78 is 4.80. The van der Waals surface area contributed by atoms with Crippen molar-refractivity contribution in [3.63, 3.8) is 0 Å². The molecule has 0 heterocycles. The van der Waals surface area contributed by atoms with E-state index in [1.54, 1.807) is 0 Å². The minimum Gasteiger partial charge on any atom is -0.407 e. The van der Waals surface area contributed by atoms with Crippen LogP contribution in [0.1, 0.15) is 0 Å². The van der Waals surface area contributed by atoms with Crippen LogP contribution in [-0.2, 0) is 0 Å². The van der Waals surface area contributed by atoms with Crippen molar-refractivity contribution in [1.29, 1.82) is 0 Å². The fraction of sp³-hybridized carbons (Fsp3) is 0.125. The first-order chi connectivity index (χ1) is 7.40. The molecule has 0 unspecified atom stereocenters. The fourth-order valence-corrected chi connectivity index (χ4v) is 2.02. The van der Waals surface area contributed by atoms with E-state index in [9.17, 15) is 4.79 Å². The Bertz CT molecular complexity index is 420. The van der Waals surface area contributed by atoms with Crippen LogP contribution in [-0.4, -0.2) is 13.1 Å². The van der Waals surface area contributed by atoms with E-state index < -0.39 is 6.09 Å². The van der Waals surface area contributed by atoms with Gasteiger partial charge in [-0.25, -0.2) is 4.79 Å². The average molecular weight is 323 g/mol. The Morgan fingerprint density at radius 2 is 1.31 bits per heavy atom. The van der Waals surface area contributed by atoms with Gasteiger partial charge < -0.3 is 10.1 Å². The second-order valence-electron chi connectivity index (χ2n) is 2.54. The number of hydrogen-bond donors (Lipinski definition) is 1. The van der Waals surface area contributed by atoms with E-state index in [-0.39, 0.29) is 30.9 Å². The average Bonchev–Trinajstić information content (AvgIpc) is 2.29. The van der Waals surface area contributed by atoms with Crippen LogP contribution in [0.2, 0.25) is 25.1 Å². The summed E-state index contributed by atoms with van der Waals surface area (Å²) in [5.41, 5.74) is 0. The van der Waals surface area contributed by atoms with Gasteiger partial charge in [0.1, 0.15) is 10.0 Å². The zero-order chi connectivity index (χ0) is 12.5. The van der Waals surface area contributed by atoms with Gasteiger partial charge in [-0.3, -0.25) is 0 Å². The third-order valence-corrected chi connectivity index (χ3v) is 3.81. The minimum absolute atomic E-state index is 0.00240. The normalized spacial score (nSPS) is 10.1. The lowest BCUT2D eigenvalue weighted by Crippen LogP contribution is -2.22. The summed E-state index contributed by atoms with van der Waals surface area (Å²) in [5.74, 6) is -0.137. The molecule has 0 saturated heterocycles. The number of carbonyl (C=O) groups is 1. The zero-order valence-corrected chi connectivity index (χ0v) is 11.5. The Morgan fingerprint density at radius 1 is 0.938 bits per heavy atom. The molecule has 88 valence electrons. The maximum absolute atomic E-state index is 11.0. The molecule has 16 heavy (non-hydrogen) atoms. The number of benzene rings is 1. The summed E-state index contributed by atoms with van der Waals surface area (Å²) in [5, 5.41) is 2.01.